The number of halogens is 1. The average molecular weight is 359 g/mol. The fourth-order valence-corrected chi connectivity index (χ4v) is 2.95. The van der Waals surface area contributed by atoms with Gasteiger partial charge in [-0.1, -0.05) is 71.5 Å². The highest BCUT2D eigenvalue weighted by molar-refractivity contribution is 7.18. The van der Waals surface area contributed by atoms with Crippen molar-refractivity contribution in [1.29, 1.82) is 0 Å². The molecule has 8 heteroatoms. The second-order valence-corrected chi connectivity index (χ2v) is 6.02. The summed E-state index contributed by atoms with van der Waals surface area (Å²) in [6.45, 7) is 0. The van der Waals surface area contributed by atoms with Crippen molar-refractivity contribution in [2.45, 2.75) is 0 Å². The Morgan fingerprint density at radius 2 is 1.79 bits per heavy atom. The first kappa shape index (κ1) is 16.1. The first-order chi connectivity index (χ1) is 11.6. The minimum atomic E-state index is -1.13. The van der Waals surface area contributed by atoms with E-state index in [9.17, 15) is 9.90 Å². The van der Waals surface area contributed by atoms with Gasteiger partial charge in [-0.3, -0.25) is 5.43 Å². The monoisotopic (exact) mass is 358 g/mol. The third-order valence-electron chi connectivity index (χ3n) is 3.04. The van der Waals surface area contributed by atoms with Gasteiger partial charge in [0.25, 0.3) is 0 Å². The van der Waals surface area contributed by atoms with Crippen molar-refractivity contribution in [2.24, 2.45) is 5.10 Å². The number of carboxylic acids is 1. The van der Waals surface area contributed by atoms with Crippen LogP contribution in [0.2, 0.25) is 5.02 Å². The zero-order chi connectivity index (χ0) is 16.9. The molecular formula is C16H11ClN4O2S. The summed E-state index contributed by atoms with van der Waals surface area (Å²) < 4.78 is 0. The standard InChI is InChI=1S/C16H11ClN4O2S/c17-12-9-5-4-8-11(12)14-19-21-16(24-14)20-18-13(15(22)23)10-6-2-1-3-7-10/h1-9H,(H,20,21)(H,22,23)/b18-13+. The van der Waals surface area contributed by atoms with E-state index in [0.29, 0.717) is 20.7 Å². The van der Waals surface area contributed by atoms with Crippen LogP contribution < -0.4 is 5.43 Å². The molecule has 0 aliphatic heterocycles. The van der Waals surface area contributed by atoms with Gasteiger partial charge in [-0.05, 0) is 6.07 Å². The summed E-state index contributed by atoms with van der Waals surface area (Å²) in [5.74, 6) is -1.13. The molecular weight excluding hydrogens is 348 g/mol. The SMILES string of the molecule is O=C(O)/C(=N/Nc1nnc(-c2ccccc2Cl)s1)c1ccccc1. The molecule has 3 aromatic rings. The molecule has 6 nitrogen and oxygen atoms in total. The van der Waals surface area contributed by atoms with E-state index >= 15 is 0 Å². The lowest BCUT2D eigenvalue weighted by molar-refractivity contribution is -0.129. The van der Waals surface area contributed by atoms with E-state index in [1.165, 1.54) is 11.3 Å². The lowest BCUT2D eigenvalue weighted by Crippen LogP contribution is -2.16. The first-order valence-corrected chi connectivity index (χ1v) is 8.05. The van der Waals surface area contributed by atoms with Gasteiger partial charge in [0.2, 0.25) is 5.13 Å². The number of benzene rings is 2. The number of carbonyl (C=O) groups is 1. The Balaban J connectivity index is 1.84. The number of hydrazone groups is 1. The van der Waals surface area contributed by atoms with Gasteiger partial charge in [-0.15, -0.1) is 10.2 Å². The summed E-state index contributed by atoms with van der Waals surface area (Å²) in [6, 6.07) is 15.9. The van der Waals surface area contributed by atoms with Gasteiger partial charge in [0.15, 0.2) is 10.7 Å². The van der Waals surface area contributed by atoms with Crippen molar-refractivity contribution >= 4 is 39.8 Å². The number of anilines is 1. The molecule has 120 valence electrons. The molecule has 2 aromatic carbocycles. The topological polar surface area (TPSA) is 87.5 Å². The fourth-order valence-electron chi connectivity index (χ4n) is 1.95. The average Bonchev–Trinajstić information content (AvgIpc) is 3.05. The fraction of sp³-hybridized carbons (Fsp3) is 0. The molecule has 2 N–H and O–H groups in total. The maximum atomic E-state index is 11.4. The minimum absolute atomic E-state index is 0.106. The van der Waals surface area contributed by atoms with Crippen molar-refractivity contribution in [2.75, 3.05) is 5.43 Å². The zero-order valence-corrected chi connectivity index (χ0v) is 13.8. The Hall–Kier alpha value is -2.77. The van der Waals surface area contributed by atoms with Gasteiger partial charge in [0.1, 0.15) is 0 Å². The number of carboxylic acid groups (broad SMARTS) is 1. The third-order valence-corrected chi connectivity index (χ3v) is 4.23. The smallest absolute Gasteiger partial charge is 0.356 e. The molecule has 1 aromatic heterocycles. The van der Waals surface area contributed by atoms with Crippen LogP contribution in [-0.4, -0.2) is 27.0 Å². The quantitative estimate of drug-likeness (QED) is 0.535. The van der Waals surface area contributed by atoms with Crippen molar-refractivity contribution in [3.05, 3.63) is 65.2 Å². The van der Waals surface area contributed by atoms with Crippen LogP contribution in [0.25, 0.3) is 10.6 Å². The van der Waals surface area contributed by atoms with Gasteiger partial charge in [0, 0.05) is 11.1 Å². The summed E-state index contributed by atoms with van der Waals surface area (Å²) in [7, 11) is 0. The Labute approximate surface area is 146 Å². The molecule has 0 radical (unpaired) electrons. The molecule has 0 saturated carbocycles. The molecule has 1 heterocycles. The van der Waals surface area contributed by atoms with E-state index in [2.05, 4.69) is 20.7 Å². The van der Waals surface area contributed by atoms with Gasteiger partial charge < -0.3 is 5.11 Å². The van der Waals surface area contributed by atoms with Crippen LogP contribution in [0.5, 0.6) is 0 Å². The Morgan fingerprint density at radius 3 is 2.50 bits per heavy atom. The summed E-state index contributed by atoms with van der Waals surface area (Å²) in [6.07, 6.45) is 0. The summed E-state index contributed by atoms with van der Waals surface area (Å²) in [5.41, 5.74) is 3.79. The second kappa shape index (κ2) is 7.20. The van der Waals surface area contributed by atoms with Crippen molar-refractivity contribution in [3.8, 4) is 10.6 Å². The van der Waals surface area contributed by atoms with Crippen LogP contribution in [0.1, 0.15) is 5.56 Å². The molecule has 24 heavy (non-hydrogen) atoms. The van der Waals surface area contributed by atoms with E-state index in [1.54, 1.807) is 36.4 Å². The Morgan fingerprint density at radius 1 is 1.08 bits per heavy atom. The van der Waals surface area contributed by atoms with Crippen molar-refractivity contribution < 1.29 is 9.90 Å². The van der Waals surface area contributed by atoms with E-state index in [-0.39, 0.29) is 5.71 Å². The highest BCUT2D eigenvalue weighted by Crippen LogP contribution is 2.31. The van der Waals surface area contributed by atoms with E-state index in [1.807, 2.05) is 18.2 Å². The molecule has 0 aliphatic rings. The maximum Gasteiger partial charge on any atom is 0.356 e. The highest BCUT2D eigenvalue weighted by atomic mass is 35.5. The van der Waals surface area contributed by atoms with Crippen LogP contribution in [0.15, 0.2) is 59.7 Å². The van der Waals surface area contributed by atoms with Gasteiger partial charge in [0.05, 0.1) is 5.02 Å². The molecule has 0 unspecified atom stereocenters. The highest BCUT2D eigenvalue weighted by Gasteiger charge is 2.13. The predicted molar refractivity (Wildman–Crippen MR) is 94.6 cm³/mol. The molecule has 0 bridgehead atoms. The number of nitrogens with one attached hydrogen (secondary N) is 1. The van der Waals surface area contributed by atoms with Crippen LogP contribution in [0.4, 0.5) is 5.13 Å². The lowest BCUT2D eigenvalue weighted by Gasteiger charge is -2.01. The molecule has 0 spiro atoms. The van der Waals surface area contributed by atoms with Crippen LogP contribution in [0, 0.1) is 0 Å². The Bertz CT molecular complexity index is 896. The molecule has 0 fully saturated rings. The van der Waals surface area contributed by atoms with Crippen LogP contribution in [0.3, 0.4) is 0 Å². The number of rotatable bonds is 5. The van der Waals surface area contributed by atoms with Crippen LogP contribution in [-0.2, 0) is 4.79 Å². The van der Waals surface area contributed by atoms with E-state index in [4.69, 9.17) is 11.6 Å². The number of aliphatic carboxylic acids is 1. The molecule has 0 amide bonds. The largest absolute Gasteiger partial charge is 0.476 e. The summed E-state index contributed by atoms with van der Waals surface area (Å²) >= 11 is 7.36. The number of hydrogen-bond acceptors (Lipinski definition) is 6. The number of hydrogen-bond donors (Lipinski definition) is 2. The lowest BCUT2D eigenvalue weighted by atomic mass is 10.1. The maximum absolute atomic E-state index is 11.4. The zero-order valence-electron chi connectivity index (χ0n) is 12.2. The second-order valence-electron chi connectivity index (χ2n) is 4.64. The van der Waals surface area contributed by atoms with Gasteiger partial charge >= 0.3 is 5.97 Å². The van der Waals surface area contributed by atoms with Crippen LogP contribution >= 0.6 is 22.9 Å². The van der Waals surface area contributed by atoms with E-state index in [0.717, 1.165) is 5.56 Å². The first-order valence-electron chi connectivity index (χ1n) is 6.86. The summed E-state index contributed by atoms with van der Waals surface area (Å²) in [5, 5.41) is 22.8. The van der Waals surface area contributed by atoms with Gasteiger partial charge in [-0.25, -0.2) is 4.79 Å². The van der Waals surface area contributed by atoms with Crippen molar-refractivity contribution in [3.63, 3.8) is 0 Å². The molecule has 0 aliphatic carbocycles. The number of aromatic nitrogens is 2. The van der Waals surface area contributed by atoms with E-state index < -0.39 is 5.97 Å². The number of nitrogens with zero attached hydrogens (tertiary/aromatic N) is 3. The Kier molecular flexibility index (Phi) is 4.83. The molecule has 0 saturated heterocycles. The predicted octanol–water partition coefficient (Wildman–Crippen LogP) is 3.76. The normalized spacial score (nSPS) is 11.3. The minimum Gasteiger partial charge on any atom is -0.476 e. The van der Waals surface area contributed by atoms with Gasteiger partial charge in [-0.2, -0.15) is 5.10 Å². The molecule has 3 rings (SSSR count). The summed E-state index contributed by atoms with van der Waals surface area (Å²) in [4.78, 5) is 11.4. The molecule has 0 atom stereocenters. The van der Waals surface area contributed by atoms with Crippen molar-refractivity contribution in [1.82, 2.24) is 10.2 Å². The third kappa shape index (κ3) is 3.58.